The van der Waals surface area contributed by atoms with Crippen LogP contribution in [0, 0.1) is 0 Å². The van der Waals surface area contributed by atoms with Crippen LogP contribution in [0.15, 0.2) is 18.2 Å². The first kappa shape index (κ1) is 14.3. The summed E-state index contributed by atoms with van der Waals surface area (Å²) in [6.45, 7) is 2.28. The summed E-state index contributed by atoms with van der Waals surface area (Å²) in [6.07, 6.45) is 0.796. The molecule has 94 valence electrons. The monoisotopic (exact) mass is 275 g/mol. The van der Waals surface area contributed by atoms with Gasteiger partial charge in [-0.25, -0.2) is 0 Å². The molecular formula is C12H15Cl2NO2. The fourth-order valence-corrected chi connectivity index (χ4v) is 1.93. The van der Waals surface area contributed by atoms with Crippen molar-refractivity contribution in [2.75, 3.05) is 6.54 Å². The Morgan fingerprint density at radius 2 is 2.00 bits per heavy atom. The molecule has 0 saturated carbocycles. The van der Waals surface area contributed by atoms with Crippen molar-refractivity contribution in [1.29, 1.82) is 0 Å². The smallest absolute Gasteiger partial charge is 0.254 e. The molecule has 0 aliphatic heterocycles. The van der Waals surface area contributed by atoms with Crippen molar-refractivity contribution in [1.82, 2.24) is 5.32 Å². The van der Waals surface area contributed by atoms with E-state index in [2.05, 4.69) is 5.32 Å². The zero-order valence-corrected chi connectivity index (χ0v) is 11.1. The second-order valence-corrected chi connectivity index (χ2v) is 4.52. The summed E-state index contributed by atoms with van der Waals surface area (Å²) in [7, 11) is 0. The molecule has 2 N–H and O–H groups in total. The molecule has 17 heavy (non-hydrogen) atoms. The number of rotatable bonds is 5. The molecule has 0 fully saturated rings. The van der Waals surface area contributed by atoms with Crippen molar-refractivity contribution >= 4 is 29.1 Å². The Morgan fingerprint density at radius 3 is 2.53 bits per heavy atom. The van der Waals surface area contributed by atoms with Crippen LogP contribution in [-0.2, 0) is 0 Å². The lowest BCUT2D eigenvalue weighted by atomic mass is 10.2. The number of halogens is 2. The zero-order chi connectivity index (χ0) is 12.8. The van der Waals surface area contributed by atoms with Crippen molar-refractivity contribution in [2.24, 2.45) is 0 Å². The fourth-order valence-electron chi connectivity index (χ4n) is 1.36. The molecule has 0 aromatic heterocycles. The minimum absolute atomic E-state index is 0.279. The van der Waals surface area contributed by atoms with E-state index in [4.69, 9.17) is 23.2 Å². The average Bonchev–Trinajstić information content (AvgIpc) is 2.28. The van der Waals surface area contributed by atoms with E-state index in [0.29, 0.717) is 29.4 Å². The van der Waals surface area contributed by atoms with E-state index in [1.54, 1.807) is 18.2 Å². The van der Waals surface area contributed by atoms with E-state index >= 15 is 0 Å². The van der Waals surface area contributed by atoms with E-state index in [1.165, 1.54) is 0 Å². The molecule has 0 aliphatic carbocycles. The zero-order valence-electron chi connectivity index (χ0n) is 9.54. The summed E-state index contributed by atoms with van der Waals surface area (Å²) >= 11 is 11.8. The van der Waals surface area contributed by atoms with Crippen LogP contribution in [-0.4, -0.2) is 23.7 Å². The number of amides is 1. The Morgan fingerprint density at radius 1 is 1.41 bits per heavy atom. The molecular weight excluding hydrogens is 261 g/mol. The first-order chi connectivity index (χ1) is 8.06. The highest BCUT2D eigenvalue weighted by molar-refractivity contribution is 6.39. The van der Waals surface area contributed by atoms with Crippen molar-refractivity contribution in [2.45, 2.75) is 25.9 Å². The molecule has 0 saturated heterocycles. The van der Waals surface area contributed by atoms with E-state index in [0.717, 1.165) is 0 Å². The molecule has 1 amide bonds. The van der Waals surface area contributed by atoms with Gasteiger partial charge in [0.25, 0.3) is 5.91 Å². The Labute approximate surface area is 111 Å². The van der Waals surface area contributed by atoms with E-state index in [-0.39, 0.29) is 11.5 Å². The van der Waals surface area contributed by atoms with Gasteiger partial charge in [0.1, 0.15) is 0 Å². The predicted octanol–water partition coefficient (Wildman–Crippen LogP) is 2.88. The maximum absolute atomic E-state index is 11.8. The lowest BCUT2D eigenvalue weighted by molar-refractivity contribution is 0.0942. The molecule has 3 nitrogen and oxygen atoms in total. The molecule has 5 heteroatoms. The maximum Gasteiger partial charge on any atom is 0.254 e. The van der Waals surface area contributed by atoms with Gasteiger partial charge in [0.15, 0.2) is 0 Å². The molecule has 0 radical (unpaired) electrons. The number of carbonyl (C=O) groups excluding carboxylic acids is 1. The third-order valence-corrected chi connectivity index (χ3v) is 3.05. The van der Waals surface area contributed by atoms with Crippen LogP contribution >= 0.6 is 23.2 Å². The van der Waals surface area contributed by atoms with Gasteiger partial charge in [0.2, 0.25) is 0 Å². The predicted molar refractivity (Wildman–Crippen MR) is 69.7 cm³/mol. The third-order valence-electron chi connectivity index (χ3n) is 2.42. The van der Waals surface area contributed by atoms with E-state index < -0.39 is 6.10 Å². The second kappa shape index (κ2) is 6.84. The highest BCUT2D eigenvalue weighted by atomic mass is 35.5. The van der Waals surface area contributed by atoms with Gasteiger partial charge < -0.3 is 10.4 Å². The molecule has 1 aromatic rings. The number of carbonyl (C=O) groups is 1. The first-order valence-corrected chi connectivity index (χ1v) is 6.22. The quantitative estimate of drug-likeness (QED) is 0.868. The molecule has 1 rings (SSSR count). The summed E-state index contributed by atoms with van der Waals surface area (Å²) in [4.78, 5) is 11.8. The van der Waals surface area contributed by atoms with Crippen LogP contribution in [0.5, 0.6) is 0 Å². The van der Waals surface area contributed by atoms with Crippen LogP contribution in [0.3, 0.4) is 0 Å². The summed E-state index contributed by atoms with van der Waals surface area (Å²) in [5, 5.41) is 12.7. The summed E-state index contributed by atoms with van der Waals surface area (Å²) < 4.78 is 0. The Balaban J connectivity index is 2.59. The van der Waals surface area contributed by atoms with Gasteiger partial charge in [-0.15, -0.1) is 0 Å². The SMILES string of the molecule is CCC(O)CCNC(=O)c1c(Cl)cccc1Cl. The number of hydrogen-bond acceptors (Lipinski definition) is 2. The van der Waals surface area contributed by atoms with Gasteiger partial charge in [0, 0.05) is 6.54 Å². The van der Waals surface area contributed by atoms with Crippen LogP contribution in [0.4, 0.5) is 0 Å². The first-order valence-electron chi connectivity index (χ1n) is 5.46. The van der Waals surface area contributed by atoms with Gasteiger partial charge >= 0.3 is 0 Å². The number of nitrogens with one attached hydrogen (secondary N) is 1. The Bertz CT molecular complexity index is 376. The largest absolute Gasteiger partial charge is 0.393 e. The second-order valence-electron chi connectivity index (χ2n) is 3.70. The molecule has 1 atom stereocenters. The summed E-state index contributed by atoms with van der Waals surface area (Å²) in [6, 6.07) is 4.91. The summed E-state index contributed by atoms with van der Waals surface area (Å²) in [5.74, 6) is -0.316. The van der Waals surface area contributed by atoms with Crippen molar-refractivity contribution in [3.05, 3.63) is 33.8 Å². The number of aliphatic hydroxyl groups is 1. The number of hydrogen-bond donors (Lipinski definition) is 2. The maximum atomic E-state index is 11.8. The van der Waals surface area contributed by atoms with Crippen molar-refractivity contribution in [3.63, 3.8) is 0 Å². The van der Waals surface area contributed by atoms with Gasteiger partial charge in [-0.1, -0.05) is 36.2 Å². The van der Waals surface area contributed by atoms with Crippen LogP contribution < -0.4 is 5.32 Å². The van der Waals surface area contributed by atoms with Gasteiger partial charge in [-0.2, -0.15) is 0 Å². The standard InChI is InChI=1S/C12H15Cl2NO2/c1-2-8(16)6-7-15-12(17)11-9(13)4-3-5-10(11)14/h3-5,8,16H,2,6-7H2,1H3,(H,15,17). The van der Waals surface area contributed by atoms with Gasteiger partial charge in [-0.3, -0.25) is 4.79 Å². The van der Waals surface area contributed by atoms with Crippen LogP contribution in [0.2, 0.25) is 10.0 Å². The highest BCUT2D eigenvalue weighted by Crippen LogP contribution is 2.23. The molecule has 1 aromatic carbocycles. The Hall–Kier alpha value is -0.770. The number of aliphatic hydroxyl groups excluding tert-OH is 1. The molecule has 0 heterocycles. The normalized spacial score (nSPS) is 12.2. The van der Waals surface area contributed by atoms with Crippen LogP contribution in [0.1, 0.15) is 30.1 Å². The van der Waals surface area contributed by atoms with Crippen molar-refractivity contribution in [3.8, 4) is 0 Å². The van der Waals surface area contributed by atoms with Gasteiger partial charge in [0.05, 0.1) is 21.7 Å². The molecule has 1 unspecified atom stereocenters. The lowest BCUT2D eigenvalue weighted by Gasteiger charge is -2.10. The molecule has 0 spiro atoms. The van der Waals surface area contributed by atoms with E-state index in [1.807, 2.05) is 6.92 Å². The third kappa shape index (κ3) is 4.19. The van der Waals surface area contributed by atoms with E-state index in [9.17, 15) is 9.90 Å². The molecule has 0 aliphatic rings. The van der Waals surface area contributed by atoms with Crippen molar-refractivity contribution < 1.29 is 9.90 Å². The topological polar surface area (TPSA) is 49.3 Å². The minimum Gasteiger partial charge on any atom is -0.393 e. The highest BCUT2D eigenvalue weighted by Gasteiger charge is 2.14. The average molecular weight is 276 g/mol. The molecule has 0 bridgehead atoms. The summed E-state index contributed by atoms with van der Waals surface area (Å²) in [5.41, 5.74) is 0.279. The van der Waals surface area contributed by atoms with Crippen LogP contribution in [0.25, 0.3) is 0 Å². The lowest BCUT2D eigenvalue weighted by Crippen LogP contribution is -2.27. The van der Waals surface area contributed by atoms with Gasteiger partial charge in [-0.05, 0) is 25.0 Å². The minimum atomic E-state index is -0.392. The Kier molecular flexibility index (Phi) is 5.75. The fraction of sp³-hybridized carbons (Fsp3) is 0.417. The number of benzene rings is 1.